The maximum atomic E-state index is 11.2. The number of carbonyl (C=O) groups is 1. The fourth-order valence-electron chi connectivity index (χ4n) is 2.47. The molecule has 0 aromatic heterocycles. The minimum absolute atomic E-state index is 0.215. The number of carboxylic acids is 1. The van der Waals surface area contributed by atoms with Crippen LogP contribution in [-0.2, 0) is 11.3 Å². The van der Waals surface area contributed by atoms with Crippen molar-refractivity contribution in [3.8, 4) is 0 Å². The smallest absolute Gasteiger partial charge is 0.321 e. The summed E-state index contributed by atoms with van der Waals surface area (Å²) >= 11 is 5.92. The molecule has 0 bridgehead atoms. The fourth-order valence-corrected chi connectivity index (χ4v) is 2.69. The van der Waals surface area contributed by atoms with Crippen LogP contribution >= 0.6 is 11.6 Å². The largest absolute Gasteiger partial charge is 0.480 e. The number of hydrogen-bond donors (Lipinski definition) is 1. The van der Waals surface area contributed by atoms with Gasteiger partial charge in [0.2, 0.25) is 0 Å². The molecule has 0 radical (unpaired) electrons. The number of nitrogens with zero attached hydrogens (tertiary/aromatic N) is 1. The normalized spacial score (nSPS) is 25.1. The maximum absolute atomic E-state index is 11.2. The van der Waals surface area contributed by atoms with Crippen LogP contribution in [0.1, 0.15) is 18.9 Å². The molecule has 2 unspecified atom stereocenters. The standard InChI is InChI=1S/C13H16ClNO2/c1-9-5-6-15(12(9)13(16)17)8-10-3-2-4-11(14)7-10/h2-4,7,9,12H,5-6,8H2,1H3,(H,16,17). The van der Waals surface area contributed by atoms with E-state index in [-0.39, 0.29) is 12.0 Å². The highest BCUT2D eigenvalue weighted by atomic mass is 35.5. The maximum Gasteiger partial charge on any atom is 0.321 e. The van der Waals surface area contributed by atoms with Crippen molar-refractivity contribution in [2.45, 2.75) is 25.9 Å². The van der Waals surface area contributed by atoms with Gasteiger partial charge in [-0.1, -0.05) is 30.7 Å². The third kappa shape index (κ3) is 2.79. The number of benzene rings is 1. The van der Waals surface area contributed by atoms with Gasteiger partial charge >= 0.3 is 5.97 Å². The summed E-state index contributed by atoms with van der Waals surface area (Å²) in [5, 5.41) is 9.91. The number of aliphatic carboxylic acids is 1. The second-order valence-electron chi connectivity index (χ2n) is 4.65. The van der Waals surface area contributed by atoms with Crippen molar-refractivity contribution in [1.29, 1.82) is 0 Å². The Hall–Kier alpha value is -1.06. The lowest BCUT2D eigenvalue weighted by molar-refractivity contribution is -0.143. The van der Waals surface area contributed by atoms with Crippen molar-refractivity contribution in [1.82, 2.24) is 4.90 Å². The summed E-state index contributed by atoms with van der Waals surface area (Å²) in [4.78, 5) is 13.2. The van der Waals surface area contributed by atoms with E-state index in [1.165, 1.54) is 0 Å². The van der Waals surface area contributed by atoms with Crippen LogP contribution in [0.25, 0.3) is 0 Å². The molecule has 1 aromatic rings. The van der Waals surface area contributed by atoms with E-state index >= 15 is 0 Å². The summed E-state index contributed by atoms with van der Waals surface area (Å²) in [6, 6.07) is 7.23. The minimum Gasteiger partial charge on any atom is -0.480 e. The summed E-state index contributed by atoms with van der Waals surface area (Å²) in [5.41, 5.74) is 1.07. The first kappa shape index (κ1) is 12.4. The second kappa shape index (κ2) is 5.07. The van der Waals surface area contributed by atoms with E-state index in [9.17, 15) is 9.90 Å². The van der Waals surface area contributed by atoms with Crippen LogP contribution in [0.5, 0.6) is 0 Å². The highest BCUT2D eigenvalue weighted by Gasteiger charge is 2.36. The van der Waals surface area contributed by atoms with E-state index in [0.29, 0.717) is 11.6 Å². The number of hydrogen-bond acceptors (Lipinski definition) is 2. The van der Waals surface area contributed by atoms with Gasteiger partial charge in [0, 0.05) is 11.6 Å². The minimum atomic E-state index is -0.725. The van der Waals surface area contributed by atoms with Gasteiger partial charge in [0.15, 0.2) is 0 Å². The Morgan fingerprint density at radius 3 is 3.00 bits per heavy atom. The molecule has 17 heavy (non-hydrogen) atoms. The van der Waals surface area contributed by atoms with Gasteiger partial charge < -0.3 is 5.11 Å². The lowest BCUT2D eigenvalue weighted by Crippen LogP contribution is -2.38. The molecule has 1 fully saturated rings. The highest BCUT2D eigenvalue weighted by molar-refractivity contribution is 6.30. The Morgan fingerprint density at radius 2 is 2.35 bits per heavy atom. The number of carboxylic acid groups (broad SMARTS) is 1. The van der Waals surface area contributed by atoms with Gasteiger partial charge in [0.05, 0.1) is 0 Å². The van der Waals surface area contributed by atoms with E-state index in [1.54, 1.807) is 0 Å². The molecule has 1 aliphatic heterocycles. The third-order valence-corrected chi connectivity index (χ3v) is 3.57. The molecule has 0 spiro atoms. The second-order valence-corrected chi connectivity index (χ2v) is 5.09. The van der Waals surface area contributed by atoms with E-state index in [0.717, 1.165) is 18.5 Å². The molecule has 1 saturated heterocycles. The molecule has 2 rings (SSSR count). The molecule has 1 heterocycles. The first-order chi connectivity index (χ1) is 8.08. The van der Waals surface area contributed by atoms with Crippen LogP contribution in [0.4, 0.5) is 0 Å². The molecule has 1 N–H and O–H groups in total. The molecule has 2 atom stereocenters. The molecule has 0 amide bonds. The van der Waals surface area contributed by atoms with Gasteiger partial charge in [0.1, 0.15) is 6.04 Å². The zero-order valence-electron chi connectivity index (χ0n) is 9.77. The first-order valence-corrected chi connectivity index (χ1v) is 6.17. The van der Waals surface area contributed by atoms with Gasteiger partial charge in [-0.15, -0.1) is 0 Å². The van der Waals surface area contributed by atoms with Gasteiger partial charge in [-0.25, -0.2) is 0 Å². The van der Waals surface area contributed by atoms with E-state index in [4.69, 9.17) is 11.6 Å². The van der Waals surface area contributed by atoms with Gasteiger partial charge in [-0.3, -0.25) is 9.69 Å². The molecule has 0 aliphatic carbocycles. The molecular weight excluding hydrogens is 238 g/mol. The predicted molar refractivity (Wildman–Crippen MR) is 67.1 cm³/mol. The van der Waals surface area contributed by atoms with Gasteiger partial charge in [-0.2, -0.15) is 0 Å². The Morgan fingerprint density at radius 1 is 1.59 bits per heavy atom. The van der Waals surface area contributed by atoms with E-state index < -0.39 is 5.97 Å². The number of halogens is 1. The van der Waals surface area contributed by atoms with Gasteiger partial charge in [0.25, 0.3) is 0 Å². The van der Waals surface area contributed by atoms with Crippen LogP contribution in [0, 0.1) is 5.92 Å². The lowest BCUT2D eigenvalue weighted by Gasteiger charge is -2.23. The van der Waals surface area contributed by atoms with Crippen LogP contribution in [0.2, 0.25) is 5.02 Å². The third-order valence-electron chi connectivity index (χ3n) is 3.33. The summed E-state index contributed by atoms with van der Waals surface area (Å²) in [6.07, 6.45) is 0.942. The van der Waals surface area contributed by atoms with E-state index in [1.807, 2.05) is 36.1 Å². The fraction of sp³-hybridized carbons (Fsp3) is 0.462. The molecule has 4 heteroatoms. The summed E-state index contributed by atoms with van der Waals surface area (Å²) in [5.74, 6) is -0.510. The quantitative estimate of drug-likeness (QED) is 0.900. The van der Waals surface area contributed by atoms with Crippen molar-refractivity contribution in [3.05, 3.63) is 34.9 Å². The SMILES string of the molecule is CC1CCN(Cc2cccc(Cl)c2)C1C(=O)O. The Kier molecular flexibility index (Phi) is 3.69. The van der Waals surface area contributed by atoms with Crippen molar-refractivity contribution in [2.24, 2.45) is 5.92 Å². The van der Waals surface area contributed by atoms with Crippen LogP contribution in [0.15, 0.2) is 24.3 Å². The van der Waals surface area contributed by atoms with Crippen molar-refractivity contribution in [3.63, 3.8) is 0 Å². The average molecular weight is 254 g/mol. The van der Waals surface area contributed by atoms with Gasteiger partial charge in [-0.05, 0) is 36.6 Å². The number of likely N-dealkylation sites (tertiary alicyclic amines) is 1. The Bertz CT molecular complexity index is 422. The zero-order valence-corrected chi connectivity index (χ0v) is 10.5. The molecule has 1 aliphatic rings. The average Bonchev–Trinajstić information content (AvgIpc) is 2.59. The van der Waals surface area contributed by atoms with Crippen LogP contribution in [-0.4, -0.2) is 28.6 Å². The number of rotatable bonds is 3. The molecule has 92 valence electrons. The van der Waals surface area contributed by atoms with E-state index in [2.05, 4.69) is 0 Å². The van der Waals surface area contributed by atoms with Crippen molar-refractivity contribution in [2.75, 3.05) is 6.54 Å². The van der Waals surface area contributed by atoms with Crippen LogP contribution in [0.3, 0.4) is 0 Å². The van der Waals surface area contributed by atoms with Crippen molar-refractivity contribution < 1.29 is 9.90 Å². The molecule has 0 saturated carbocycles. The monoisotopic (exact) mass is 253 g/mol. The zero-order chi connectivity index (χ0) is 12.4. The molecule has 1 aromatic carbocycles. The van der Waals surface area contributed by atoms with Crippen LogP contribution < -0.4 is 0 Å². The molecule has 3 nitrogen and oxygen atoms in total. The Balaban J connectivity index is 2.11. The predicted octanol–water partition coefficient (Wildman–Crippen LogP) is 2.63. The summed E-state index contributed by atoms with van der Waals surface area (Å²) in [6.45, 7) is 3.49. The molecular formula is C13H16ClNO2. The highest BCUT2D eigenvalue weighted by Crippen LogP contribution is 2.26. The Labute approximate surface area is 106 Å². The topological polar surface area (TPSA) is 40.5 Å². The summed E-state index contributed by atoms with van der Waals surface area (Å²) < 4.78 is 0. The summed E-state index contributed by atoms with van der Waals surface area (Å²) in [7, 11) is 0. The first-order valence-electron chi connectivity index (χ1n) is 5.79. The van der Waals surface area contributed by atoms with Crippen molar-refractivity contribution >= 4 is 17.6 Å². The lowest BCUT2D eigenvalue weighted by atomic mass is 10.0.